The van der Waals surface area contributed by atoms with Crippen LogP contribution in [0.5, 0.6) is 0 Å². The number of aromatic nitrogens is 3. The predicted octanol–water partition coefficient (Wildman–Crippen LogP) is 0.396. The van der Waals surface area contributed by atoms with Gasteiger partial charge in [-0.25, -0.2) is 4.68 Å². The summed E-state index contributed by atoms with van der Waals surface area (Å²) >= 11 is 0. The van der Waals surface area contributed by atoms with Crippen molar-refractivity contribution in [3.8, 4) is 11.3 Å². The van der Waals surface area contributed by atoms with Crippen molar-refractivity contribution in [2.75, 3.05) is 6.61 Å². The first kappa shape index (κ1) is 10.8. The molecular weight excluding hydrogens is 204 g/mol. The van der Waals surface area contributed by atoms with Gasteiger partial charge in [0.25, 0.3) is 0 Å². The minimum absolute atomic E-state index is 0.0349. The fourth-order valence-corrected chi connectivity index (χ4v) is 1.65. The maximum absolute atomic E-state index is 8.95. The molecule has 2 aromatic rings. The molecule has 16 heavy (non-hydrogen) atoms. The number of rotatable bonds is 4. The molecule has 0 radical (unpaired) electrons. The Morgan fingerprint density at radius 2 is 2.00 bits per heavy atom. The van der Waals surface area contributed by atoms with Gasteiger partial charge in [-0.2, -0.15) is 0 Å². The third kappa shape index (κ3) is 1.95. The quantitative estimate of drug-likeness (QED) is 0.778. The van der Waals surface area contributed by atoms with Gasteiger partial charge >= 0.3 is 0 Å². The summed E-state index contributed by atoms with van der Waals surface area (Å²) in [6, 6.07) is 9.81. The number of benzene rings is 1. The van der Waals surface area contributed by atoms with E-state index in [0.717, 1.165) is 17.0 Å². The number of nitrogens with zero attached hydrogens (tertiary/aromatic N) is 3. The predicted molar refractivity (Wildman–Crippen MR) is 60.4 cm³/mol. The number of hydrogen-bond acceptors (Lipinski definition) is 4. The summed E-state index contributed by atoms with van der Waals surface area (Å²) in [6.07, 6.45) is 0. The Kier molecular flexibility index (Phi) is 3.28. The van der Waals surface area contributed by atoms with Crippen molar-refractivity contribution in [3.63, 3.8) is 0 Å². The van der Waals surface area contributed by atoms with E-state index in [1.165, 1.54) is 0 Å². The number of hydrogen-bond donors (Lipinski definition) is 2. The molecule has 0 saturated heterocycles. The van der Waals surface area contributed by atoms with Crippen LogP contribution in [0.1, 0.15) is 5.69 Å². The monoisotopic (exact) mass is 218 g/mol. The highest BCUT2D eigenvalue weighted by molar-refractivity contribution is 5.61. The Balaban J connectivity index is 2.48. The maximum atomic E-state index is 8.95. The highest BCUT2D eigenvalue weighted by Gasteiger charge is 2.12. The molecular formula is C11H14N4O. The molecule has 1 heterocycles. The second-order valence-corrected chi connectivity index (χ2v) is 3.40. The minimum atomic E-state index is 0.0349. The molecule has 3 N–H and O–H groups in total. The van der Waals surface area contributed by atoms with Crippen LogP contribution in [0.3, 0.4) is 0 Å². The first-order valence-electron chi connectivity index (χ1n) is 5.15. The first-order chi connectivity index (χ1) is 7.86. The molecule has 84 valence electrons. The van der Waals surface area contributed by atoms with Crippen LogP contribution in [0, 0.1) is 0 Å². The van der Waals surface area contributed by atoms with Crippen molar-refractivity contribution < 1.29 is 5.11 Å². The molecule has 0 spiro atoms. The molecule has 5 nitrogen and oxygen atoms in total. The van der Waals surface area contributed by atoms with Gasteiger partial charge in [-0.15, -0.1) is 5.10 Å². The van der Waals surface area contributed by atoms with E-state index in [1.807, 2.05) is 30.3 Å². The second-order valence-electron chi connectivity index (χ2n) is 3.40. The van der Waals surface area contributed by atoms with Gasteiger partial charge in [0.2, 0.25) is 0 Å². The van der Waals surface area contributed by atoms with Crippen LogP contribution in [-0.2, 0) is 13.1 Å². The molecule has 0 amide bonds. The Morgan fingerprint density at radius 1 is 1.25 bits per heavy atom. The molecule has 0 aliphatic carbocycles. The van der Waals surface area contributed by atoms with Crippen molar-refractivity contribution in [3.05, 3.63) is 36.0 Å². The Bertz CT molecular complexity index is 452. The van der Waals surface area contributed by atoms with E-state index >= 15 is 0 Å². The molecule has 1 aromatic carbocycles. The fourth-order valence-electron chi connectivity index (χ4n) is 1.65. The van der Waals surface area contributed by atoms with Crippen LogP contribution < -0.4 is 5.73 Å². The lowest BCUT2D eigenvalue weighted by atomic mass is 10.1. The summed E-state index contributed by atoms with van der Waals surface area (Å²) in [4.78, 5) is 0. The molecule has 0 bridgehead atoms. The van der Waals surface area contributed by atoms with E-state index in [1.54, 1.807) is 4.68 Å². The van der Waals surface area contributed by atoms with Gasteiger partial charge in [0.05, 0.1) is 18.8 Å². The van der Waals surface area contributed by atoms with Crippen LogP contribution in [0.25, 0.3) is 11.3 Å². The zero-order chi connectivity index (χ0) is 11.4. The van der Waals surface area contributed by atoms with Gasteiger partial charge in [0, 0.05) is 12.1 Å². The third-order valence-corrected chi connectivity index (χ3v) is 2.36. The summed E-state index contributed by atoms with van der Waals surface area (Å²) in [5, 5.41) is 16.9. The zero-order valence-corrected chi connectivity index (χ0v) is 8.87. The van der Waals surface area contributed by atoms with Gasteiger partial charge in [-0.1, -0.05) is 35.5 Å². The number of aliphatic hydroxyl groups is 1. The van der Waals surface area contributed by atoms with Crippen LogP contribution in [0.4, 0.5) is 0 Å². The highest BCUT2D eigenvalue weighted by Crippen LogP contribution is 2.21. The van der Waals surface area contributed by atoms with Crippen molar-refractivity contribution in [1.82, 2.24) is 15.0 Å². The molecule has 5 heteroatoms. The van der Waals surface area contributed by atoms with Crippen molar-refractivity contribution in [1.29, 1.82) is 0 Å². The first-order valence-corrected chi connectivity index (χ1v) is 5.15. The van der Waals surface area contributed by atoms with Gasteiger partial charge in [0.15, 0.2) is 0 Å². The van der Waals surface area contributed by atoms with E-state index in [4.69, 9.17) is 10.8 Å². The van der Waals surface area contributed by atoms with E-state index in [0.29, 0.717) is 13.1 Å². The number of nitrogens with two attached hydrogens (primary N) is 1. The fraction of sp³-hybridized carbons (Fsp3) is 0.273. The molecule has 0 atom stereocenters. The number of aliphatic hydroxyl groups excluding tert-OH is 1. The molecule has 0 aliphatic rings. The zero-order valence-electron chi connectivity index (χ0n) is 8.87. The van der Waals surface area contributed by atoms with E-state index < -0.39 is 0 Å². The SMILES string of the molecule is NCc1nnn(CCO)c1-c1ccccc1. The second kappa shape index (κ2) is 4.87. The van der Waals surface area contributed by atoms with Gasteiger partial charge in [0.1, 0.15) is 5.69 Å². The summed E-state index contributed by atoms with van der Waals surface area (Å²) in [7, 11) is 0. The maximum Gasteiger partial charge on any atom is 0.104 e. The van der Waals surface area contributed by atoms with E-state index in [2.05, 4.69) is 10.3 Å². The van der Waals surface area contributed by atoms with Crippen molar-refractivity contribution in [2.45, 2.75) is 13.1 Å². The van der Waals surface area contributed by atoms with Crippen LogP contribution >= 0.6 is 0 Å². The highest BCUT2D eigenvalue weighted by atomic mass is 16.3. The minimum Gasteiger partial charge on any atom is -0.394 e. The molecule has 1 aromatic heterocycles. The Labute approximate surface area is 93.5 Å². The standard InChI is InChI=1S/C11H14N4O/c12-8-10-11(9-4-2-1-3-5-9)15(6-7-16)14-13-10/h1-5,16H,6-8,12H2. The smallest absolute Gasteiger partial charge is 0.104 e. The van der Waals surface area contributed by atoms with Crippen molar-refractivity contribution in [2.24, 2.45) is 5.73 Å². The van der Waals surface area contributed by atoms with Crippen LogP contribution in [-0.4, -0.2) is 26.7 Å². The van der Waals surface area contributed by atoms with Crippen LogP contribution in [0.15, 0.2) is 30.3 Å². The summed E-state index contributed by atoms with van der Waals surface area (Å²) in [5.74, 6) is 0. The normalized spacial score (nSPS) is 10.6. The molecule has 0 fully saturated rings. The molecule has 0 saturated carbocycles. The summed E-state index contributed by atoms with van der Waals surface area (Å²) in [6.45, 7) is 0.806. The Morgan fingerprint density at radius 3 is 2.62 bits per heavy atom. The lowest BCUT2D eigenvalue weighted by Gasteiger charge is -2.05. The summed E-state index contributed by atoms with van der Waals surface area (Å²) in [5.41, 5.74) is 8.27. The van der Waals surface area contributed by atoms with E-state index in [-0.39, 0.29) is 6.61 Å². The molecule has 2 rings (SSSR count). The van der Waals surface area contributed by atoms with Crippen molar-refractivity contribution >= 4 is 0 Å². The summed E-state index contributed by atoms with van der Waals surface area (Å²) < 4.78 is 1.68. The largest absolute Gasteiger partial charge is 0.394 e. The van der Waals surface area contributed by atoms with E-state index in [9.17, 15) is 0 Å². The topological polar surface area (TPSA) is 77.0 Å². The molecule has 0 aliphatic heterocycles. The lowest BCUT2D eigenvalue weighted by Crippen LogP contribution is -2.07. The average molecular weight is 218 g/mol. The average Bonchev–Trinajstić information content (AvgIpc) is 2.74. The van der Waals surface area contributed by atoms with Gasteiger partial charge in [-0.05, 0) is 0 Å². The van der Waals surface area contributed by atoms with Gasteiger partial charge in [-0.3, -0.25) is 0 Å². The third-order valence-electron chi connectivity index (χ3n) is 2.36. The molecule has 0 unspecified atom stereocenters. The Hall–Kier alpha value is -1.72. The van der Waals surface area contributed by atoms with Gasteiger partial charge < -0.3 is 10.8 Å². The lowest BCUT2D eigenvalue weighted by molar-refractivity contribution is 0.269. The van der Waals surface area contributed by atoms with Crippen LogP contribution in [0.2, 0.25) is 0 Å².